The lowest BCUT2D eigenvalue weighted by Gasteiger charge is -1.98. The van der Waals surface area contributed by atoms with Crippen LogP contribution in [0.3, 0.4) is 0 Å². The van der Waals surface area contributed by atoms with Gasteiger partial charge in [0, 0.05) is 0 Å². The van der Waals surface area contributed by atoms with Crippen molar-refractivity contribution < 1.29 is 13.9 Å². The Morgan fingerprint density at radius 3 is 1.83 bits per heavy atom. The van der Waals surface area contributed by atoms with E-state index in [9.17, 15) is 8.78 Å². The second-order valence-electron chi connectivity index (χ2n) is 0.799. The molecule has 0 aliphatic rings. The molecule has 0 bridgehead atoms. The highest BCUT2D eigenvalue weighted by Gasteiger charge is 2.21. The maximum atomic E-state index is 10.9. The van der Waals surface area contributed by atoms with Crippen molar-refractivity contribution in [3.63, 3.8) is 0 Å². The smallest absolute Gasteiger partial charge is 0.335 e. The van der Waals surface area contributed by atoms with E-state index in [2.05, 4.69) is 11.6 Å². The third-order valence-electron chi connectivity index (χ3n) is 0.161. The van der Waals surface area contributed by atoms with Crippen LogP contribution in [-0.4, -0.2) is 17.1 Å². The molecule has 0 fully saturated rings. The molecule has 0 aromatic carbocycles. The van der Waals surface area contributed by atoms with Gasteiger partial charge in [-0.05, 0) is 0 Å². The summed E-state index contributed by atoms with van der Waals surface area (Å²) < 4.78 is 21.8. The number of halogens is 3. The van der Waals surface area contributed by atoms with Gasteiger partial charge in [0.25, 0.3) is 0 Å². The van der Waals surface area contributed by atoms with Crippen LogP contribution in [0.4, 0.5) is 8.78 Å². The van der Waals surface area contributed by atoms with E-state index < -0.39 is 12.0 Å². The predicted molar refractivity (Wildman–Crippen MR) is 17.9 cm³/mol. The summed E-state index contributed by atoms with van der Waals surface area (Å²) in [5.74, 6) is -1.03. The molecule has 1 nitrogen and oxygen atoms in total. The normalized spacial score (nSPS) is 12.0. The molecule has 0 aliphatic carbocycles. The van der Waals surface area contributed by atoms with Crippen molar-refractivity contribution >= 4 is 11.6 Å². The summed E-state index contributed by atoms with van der Waals surface area (Å²) in [6.07, 6.45) is -3.69. The minimum Gasteiger partial charge on any atom is -0.335 e. The fourth-order valence-corrected chi connectivity index (χ4v) is 0. The Bertz CT molecular complexity index is 41.3. The second-order valence-corrected chi connectivity index (χ2v) is 1.07. The first-order valence-electron chi connectivity index (χ1n) is 1.22. The molecule has 6 heavy (non-hydrogen) atoms. The summed E-state index contributed by atoms with van der Waals surface area (Å²) in [7, 11) is 0. The fourth-order valence-electron chi connectivity index (χ4n) is 0. The first-order chi connectivity index (χ1) is 2.56. The molecule has 38 valence electrons. The Morgan fingerprint density at radius 2 is 1.83 bits per heavy atom. The maximum Gasteiger partial charge on any atom is 0.366 e. The van der Waals surface area contributed by atoms with Crippen LogP contribution in [0.15, 0.2) is 0 Å². The summed E-state index contributed by atoms with van der Waals surface area (Å²) in [4.78, 5) is 0. The molecule has 0 atom stereocenters. The molecule has 0 saturated carbocycles. The Balaban J connectivity index is 3.17. The average Bonchev–Trinajstić information content (AvgIpc) is 1.35. The molecule has 0 radical (unpaired) electrons. The van der Waals surface area contributed by atoms with Crippen molar-refractivity contribution in [1.29, 1.82) is 0 Å². The minimum absolute atomic E-state index is 1.03. The van der Waals surface area contributed by atoms with Crippen molar-refractivity contribution in [3.05, 3.63) is 0 Å². The van der Waals surface area contributed by atoms with Crippen molar-refractivity contribution in [2.24, 2.45) is 0 Å². The van der Waals surface area contributed by atoms with Crippen molar-refractivity contribution in [2.75, 3.05) is 5.88 Å². The quantitative estimate of drug-likeness (QED) is 0.503. The zero-order chi connectivity index (χ0) is 5.21. The van der Waals surface area contributed by atoms with Crippen LogP contribution in [0.2, 0.25) is 0 Å². The summed E-state index contributed by atoms with van der Waals surface area (Å²) >= 11 is 4.48. The van der Waals surface area contributed by atoms with Gasteiger partial charge in [-0.3, -0.25) is 0 Å². The lowest BCUT2D eigenvalue weighted by atomic mass is 10.8. The topological polar surface area (TPSA) is 20.2 Å². The van der Waals surface area contributed by atoms with Gasteiger partial charge in [-0.25, -0.2) is 0 Å². The molecule has 0 aromatic heterocycles. The monoisotopic (exact) mass is 116 g/mol. The van der Waals surface area contributed by atoms with Crippen molar-refractivity contribution in [2.45, 2.75) is 6.11 Å². The van der Waals surface area contributed by atoms with Gasteiger partial charge in [0.15, 0.2) is 0 Å². The fraction of sp³-hybridized carbons (Fsp3) is 1.00. The largest absolute Gasteiger partial charge is 0.366 e. The van der Waals surface area contributed by atoms with Gasteiger partial charge >= 0.3 is 6.11 Å². The number of rotatable bonds is 1. The maximum absolute atomic E-state index is 10.9. The zero-order valence-electron chi connectivity index (χ0n) is 2.79. The Kier molecular flexibility index (Phi) is 1.74. The van der Waals surface area contributed by atoms with Crippen LogP contribution in [-0.2, 0) is 0 Å². The Morgan fingerprint density at radius 1 is 1.67 bits per heavy atom. The van der Waals surface area contributed by atoms with E-state index in [1.165, 1.54) is 0 Å². The van der Waals surface area contributed by atoms with E-state index in [1.54, 1.807) is 0 Å². The van der Waals surface area contributed by atoms with Gasteiger partial charge in [0.1, 0.15) is 5.88 Å². The van der Waals surface area contributed by atoms with Crippen LogP contribution in [0.1, 0.15) is 0 Å². The van der Waals surface area contributed by atoms with Crippen LogP contribution in [0.5, 0.6) is 0 Å². The molecule has 4 heteroatoms. The lowest BCUT2D eigenvalue weighted by Crippen LogP contribution is -2.15. The lowest BCUT2D eigenvalue weighted by molar-refractivity contribution is -0.178. The van der Waals surface area contributed by atoms with Gasteiger partial charge in [-0.1, -0.05) is 0 Å². The number of hydrogen-bond acceptors (Lipinski definition) is 1. The Hall–Kier alpha value is 0.110. The molecule has 0 rings (SSSR count). The van der Waals surface area contributed by atoms with Crippen LogP contribution >= 0.6 is 11.6 Å². The van der Waals surface area contributed by atoms with E-state index in [0.29, 0.717) is 0 Å². The molecule has 0 amide bonds. The van der Waals surface area contributed by atoms with E-state index in [0.717, 1.165) is 0 Å². The van der Waals surface area contributed by atoms with Crippen molar-refractivity contribution in [1.82, 2.24) is 0 Å². The van der Waals surface area contributed by atoms with E-state index in [-0.39, 0.29) is 0 Å². The van der Waals surface area contributed by atoms with Gasteiger partial charge in [0.2, 0.25) is 0 Å². The first-order valence-corrected chi connectivity index (χ1v) is 1.76. The highest BCUT2D eigenvalue weighted by atomic mass is 35.5. The van der Waals surface area contributed by atoms with E-state index in [4.69, 9.17) is 5.11 Å². The van der Waals surface area contributed by atoms with Crippen LogP contribution < -0.4 is 0 Å². The standard InChI is InChI=1S/C2H3ClF2O/c3-1-2(4,5)6/h6H,1H2. The van der Waals surface area contributed by atoms with Gasteiger partial charge in [-0.2, -0.15) is 8.78 Å². The first kappa shape index (κ1) is 6.11. The molecule has 0 heterocycles. The average molecular weight is 116 g/mol. The molecule has 0 aliphatic heterocycles. The molecule has 0 aromatic rings. The highest BCUT2D eigenvalue weighted by molar-refractivity contribution is 6.18. The van der Waals surface area contributed by atoms with E-state index >= 15 is 0 Å². The zero-order valence-corrected chi connectivity index (χ0v) is 3.54. The van der Waals surface area contributed by atoms with Gasteiger partial charge < -0.3 is 5.11 Å². The number of hydrogen-bond donors (Lipinski definition) is 1. The molecular weight excluding hydrogens is 113 g/mol. The van der Waals surface area contributed by atoms with Gasteiger partial charge in [-0.15, -0.1) is 11.6 Å². The third-order valence-corrected chi connectivity index (χ3v) is 0.482. The SMILES string of the molecule is OC(F)(F)CCl. The molecular formula is C2H3ClF2O. The van der Waals surface area contributed by atoms with Gasteiger partial charge in [0.05, 0.1) is 0 Å². The van der Waals surface area contributed by atoms with Crippen molar-refractivity contribution in [3.8, 4) is 0 Å². The number of alkyl halides is 3. The molecule has 0 unspecified atom stereocenters. The summed E-state index contributed by atoms with van der Waals surface area (Å²) in [6, 6.07) is 0. The molecule has 0 spiro atoms. The Labute approximate surface area is 38.5 Å². The second kappa shape index (κ2) is 1.71. The molecule has 0 saturated heterocycles. The number of aliphatic hydroxyl groups is 1. The highest BCUT2D eigenvalue weighted by Crippen LogP contribution is 2.08. The van der Waals surface area contributed by atoms with Crippen LogP contribution in [0, 0.1) is 0 Å². The predicted octanol–water partition coefficient (Wildman–Crippen LogP) is 0.810. The minimum atomic E-state index is -3.69. The third kappa shape index (κ3) is 4.11. The molecule has 1 N–H and O–H groups in total. The van der Waals surface area contributed by atoms with Crippen LogP contribution in [0.25, 0.3) is 0 Å². The summed E-state index contributed by atoms with van der Waals surface area (Å²) in [5, 5.41) is 7.36. The van der Waals surface area contributed by atoms with E-state index in [1.807, 2.05) is 0 Å². The summed E-state index contributed by atoms with van der Waals surface area (Å²) in [5.41, 5.74) is 0. The summed E-state index contributed by atoms with van der Waals surface area (Å²) in [6.45, 7) is 0.